The highest BCUT2D eigenvalue weighted by Crippen LogP contribution is 2.16. The summed E-state index contributed by atoms with van der Waals surface area (Å²) in [5.41, 5.74) is 4.46. The van der Waals surface area contributed by atoms with E-state index >= 15 is 0 Å². The van der Waals surface area contributed by atoms with E-state index in [2.05, 4.69) is 21.4 Å². The van der Waals surface area contributed by atoms with Crippen LogP contribution in [0, 0.1) is 11.3 Å². The van der Waals surface area contributed by atoms with Crippen molar-refractivity contribution in [2.45, 2.75) is 6.54 Å². The molecule has 0 aliphatic rings. The molecule has 0 radical (unpaired) electrons. The van der Waals surface area contributed by atoms with E-state index in [1.54, 1.807) is 12.4 Å². The van der Waals surface area contributed by atoms with Gasteiger partial charge < -0.3 is 9.88 Å². The van der Waals surface area contributed by atoms with Crippen molar-refractivity contribution in [1.29, 1.82) is 5.26 Å². The van der Waals surface area contributed by atoms with Crippen LogP contribution in [-0.4, -0.2) is 14.5 Å². The Labute approximate surface area is 116 Å². The lowest BCUT2D eigenvalue weighted by atomic mass is 10.2. The summed E-state index contributed by atoms with van der Waals surface area (Å²) in [5, 5.41) is 12.3. The monoisotopic (exact) mass is 263 g/mol. The van der Waals surface area contributed by atoms with Gasteiger partial charge in [0.1, 0.15) is 11.8 Å². The molecule has 1 aromatic carbocycles. The van der Waals surface area contributed by atoms with Crippen LogP contribution in [0.2, 0.25) is 0 Å². The molecule has 98 valence electrons. The first-order valence-electron chi connectivity index (χ1n) is 6.26. The number of aromatic nitrogens is 3. The normalized spacial score (nSPS) is 10.4. The third-order valence-corrected chi connectivity index (χ3v) is 3.14. The fraction of sp³-hybridized carbons (Fsp3) is 0.133. The van der Waals surface area contributed by atoms with E-state index in [1.165, 1.54) is 0 Å². The number of nitriles is 1. The van der Waals surface area contributed by atoms with E-state index in [9.17, 15) is 0 Å². The van der Waals surface area contributed by atoms with Gasteiger partial charge >= 0.3 is 0 Å². The molecule has 1 N–H and O–H groups in total. The highest BCUT2D eigenvalue weighted by molar-refractivity contribution is 5.78. The Bertz CT molecular complexity index is 797. The summed E-state index contributed by atoms with van der Waals surface area (Å²) in [6.45, 7) is 0.668. The Balaban J connectivity index is 1.77. The smallest absolute Gasteiger partial charge is 0.120 e. The molecule has 0 bridgehead atoms. The molecule has 20 heavy (non-hydrogen) atoms. The Morgan fingerprint density at radius 1 is 1.20 bits per heavy atom. The summed E-state index contributed by atoms with van der Waals surface area (Å²) in [5.74, 6) is 0. The fourth-order valence-corrected chi connectivity index (χ4v) is 2.12. The molecule has 5 heteroatoms. The van der Waals surface area contributed by atoms with Gasteiger partial charge in [-0.2, -0.15) is 5.26 Å². The second kappa shape index (κ2) is 5.02. The van der Waals surface area contributed by atoms with Crippen LogP contribution in [-0.2, 0) is 13.6 Å². The average Bonchev–Trinajstić information content (AvgIpc) is 2.85. The van der Waals surface area contributed by atoms with Gasteiger partial charge in [-0.1, -0.05) is 0 Å². The average molecular weight is 263 g/mol. The predicted octanol–water partition coefficient (Wildman–Crippen LogP) is 2.45. The maximum absolute atomic E-state index is 8.93. The van der Waals surface area contributed by atoms with Crippen molar-refractivity contribution in [3.63, 3.8) is 0 Å². The molecule has 0 saturated heterocycles. The van der Waals surface area contributed by atoms with Gasteiger partial charge in [0.2, 0.25) is 0 Å². The first kappa shape index (κ1) is 12.2. The Morgan fingerprint density at radius 2 is 2.00 bits per heavy atom. The van der Waals surface area contributed by atoms with Crippen LogP contribution in [0.5, 0.6) is 0 Å². The molecule has 0 saturated carbocycles. The summed E-state index contributed by atoms with van der Waals surface area (Å²) in [7, 11) is 1.87. The van der Waals surface area contributed by atoms with E-state index in [-0.39, 0.29) is 0 Å². The van der Waals surface area contributed by atoms with Crippen LogP contribution >= 0.6 is 0 Å². The van der Waals surface area contributed by atoms with E-state index in [4.69, 9.17) is 5.26 Å². The third kappa shape index (κ3) is 2.31. The largest absolute Gasteiger partial charge is 0.381 e. The quantitative estimate of drug-likeness (QED) is 0.788. The van der Waals surface area contributed by atoms with Gasteiger partial charge in [0.05, 0.1) is 11.0 Å². The molecule has 3 aromatic rings. The lowest BCUT2D eigenvalue weighted by Crippen LogP contribution is -1.98. The maximum atomic E-state index is 8.93. The number of nitrogens with zero attached hydrogens (tertiary/aromatic N) is 4. The van der Waals surface area contributed by atoms with Crippen molar-refractivity contribution >= 4 is 16.7 Å². The molecule has 0 amide bonds. The van der Waals surface area contributed by atoms with E-state index < -0.39 is 0 Å². The second-order valence-corrected chi connectivity index (χ2v) is 4.57. The summed E-state index contributed by atoms with van der Waals surface area (Å²) in [4.78, 5) is 8.52. The van der Waals surface area contributed by atoms with Gasteiger partial charge in [-0.15, -0.1) is 0 Å². The van der Waals surface area contributed by atoms with Gasteiger partial charge in [-0.05, 0) is 29.8 Å². The van der Waals surface area contributed by atoms with Crippen LogP contribution in [0.3, 0.4) is 0 Å². The summed E-state index contributed by atoms with van der Waals surface area (Å²) < 4.78 is 1.82. The van der Waals surface area contributed by atoms with E-state index in [0.29, 0.717) is 12.2 Å². The van der Waals surface area contributed by atoms with Gasteiger partial charge in [-0.3, -0.25) is 9.97 Å². The minimum atomic E-state index is 0.658. The fourth-order valence-electron chi connectivity index (χ4n) is 2.12. The van der Waals surface area contributed by atoms with Crippen LogP contribution in [0.4, 0.5) is 5.69 Å². The topological polar surface area (TPSA) is 66.5 Å². The van der Waals surface area contributed by atoms with E-state index in [0.717, 1.165) is 22.3 Å². The number of benzene rings is 1. The van der Waals surface area contributed by atoms with Crippen LogP contribution in [0.15, 0.2) is 42.9 Å². The van der Waals surface area contributed by atoms with Crippen molar-refractivity contribution in [2.24, 2.45) is 7.05 Å². The highest BCUT2D eigenvalue weighted by Gasteiger charge is 2.03. The summed E-state index contributed by atoms with van der Waals surface area (Å²) in [6, 6.07) is 9.92. The number of hydrogen-bond acceptors (Lipinski definition) is 4. The first-order valence-corrected chi connectivity index (χ1v) is 6.26. The molecule has 0 fully saturated rings. The lowest BCUT2D eigenvalue weighted by molar-refractivity contribution is 0.902. The minimum Gasteiger partial charge on any atom is -0.381 e. The molecule has 0 spiro atoms. The molecular weight excluding hydrogens is 250 g/mol. The number of hydrogen-bond donors (Lipinski definition) is 1. The van der Waals surface area contributed by atoms with Crippen LogP contribution < -0.4 is 5.32 Å². The number of aryl methyl sites for hydroxylation is 1. The van der Waals surface area contributed by atoms with Crippen molar-refractivity contribution in [1.82, 2.24) is 14.5 Å². The van der Waals surface area contributed by atoms with Crippen LogP contribution in [0.1, 0.15) is 11.3 Å². The first-order chi connectivity index (χ1) is 9.76. The zero-order valence-corrected chi connectivity index (χ0v) is 11.0. The third-order valence-electron chi connectivity index (χ3n) is 3.14. The molecule has 0 aliphatic carbocycles. The zero-order chi connectivity index (χ0) is 13.9. The zero-order valence-electron chi connectivity index (χ0n) is 11.0. The van der Waals surface area contributed by atoms with Crippen molar-refractivity contribution in [2.75, 3.05) is 5.32 Å². The molecule has 3 rings (SSSR count). The van der Waals surface area contributed by atoms with Gasteiger partial charge in [0.25, 0.3) is 0 Å². The molecule has 2 heterocycles. The molecule has 0 unspecified atom stereocenters. The molecule has 0 aliphatic heterocycles. The van der Waals surface area contributed by atoms with Gasteiger partial charge in [0, 0.05) is 37.9 Å². The van der Waals surface area contributed by atoms with Gasteiger partial charge in [0.15, 0.2) is 0 Å². The molecule has 0 atom stereocenters. The molecule has 2 aromatic heterocycles. The van der Waals surface area contributed by atoms with Crippen LogP contribution in [0.25, 0.3) is 11.0 Å². The Morgan fingerprint density at radius 3 is 2.75 bits per heavy atom. The predicted molar refractivity (Wildman–Crippen MR) is 77.0 cm³/mol. The molecule has 5 nitrogen and oxygen atoms in total. The van der Waals surface area contributed by atoms with Crippen molar-refractivity contribution in [3.8, 4) is 6.07 Å². The standard InChI is InChI=1S/C15H13N5/c1-20-10-11(6-13(20)8-16)9-19-12-2-3-14-15(7-12)18-5-4-17-14/h2-7,10,19H,9H2,1H3. The summed E-state index contributed by atoms with van der Waals surface area (Å²) >= 11 is 0. The van der Waals surface area contributed by atoms with E-state index in [1.807, 2.05) is 42.1 Å². The number of anilines is 1. The SMILES string of the molecule is Cn1cc(CNc2ccc3nccnc3c2)cc1C#N. The number of fused-ring (bicyclic) bond motifs is 1. The molecular formula is C15H13N5. The Kier molecular flexibility index (Phi) is 3.05. The Hall–Kier alpha value is -2.87. The summed E-state index contributed by atoms with van der Waals surface area (Å²) in [6.07, 6.45) is 5.32. The van der Waals surface area contributed by atoms with Crippen molar-refractivity contribution < 1.29 is 0 Å². The maximum Gasteiger partial charge on any atom is 0.120 e. The highest BCUT2D eigenvalue weighted by atomic mass is 14.9. The lowest BCUT2D eigenvalue weighted by Gasteiger charge is -2.05. The number of rotatable bonds is 3. The number of nitrogens with one attached hydrogen (secondary N) is 1. The minimum absolute atomic E-state index is 0.658. The van der Waals surface area contributed by atoms with Gasteiger partial charge in [-0.25, -0.2) is 0 Å². The van der Waals surface area contributed by atoms with Crippen molar-refractivity contribution in [3.05, 3.63) is 54.1 Å². The second-order valence-electron chi connectivity index (χ2n) is 4.57.